The molecule has 0 spiro atoms. The van der Waals surface area contributed by atoms with E-state index >= 15 is 0 Å². The molecule has 1 aliphatic heterocycles. The second-order valence-corrected chi connectivity index (χ2v) is 14.2. The summed E-state index contributed by atoms with van der Waals surface area (Å²) >= 11 is 0. The maximum atomic E-state index is 2.46. The van der Waals surface area contributed by atoms with Gasteiger partial charge in [-0.3, -0.25) is 0 Å². The molecule has 7 aromatic carbocycles. The summed E-state index contributed by atoms with van der Waals surface area (Å²) in [6, 6.07) is 64.9. The Kier molecular flexibility index (Phi) is 6.64. The van der Waals surface area contributed by atoms with Gasteiger partial charge in [-0.2, -0.15) is 0 Å². The minimum atomic E-state index is -0.458. The zero-order valence-corrected chi connectivity index (χ0v) is 28.1. The third-order valence-electron chi connectivity index (χ3n) is 10.4. The Balaban J connectivity index is 1.28. The number of hydrogen-bond acceptors (Lipinski definition) is 2. The Bertz CT molecular complexity index is 2230. The van der Waals surface area contributed by atoms with Gasteiger partial charge >= 0.3 is 0 Å². The Morgan fingerprint density at radius 2 is 0.816 bits per heavy atom. The van der Waals surface area contributed by atoms with E-state index in [0.717, 1.165) is 34.1 Å². The Labute approximate surface area is 289 Å². The van der Waals surface area contributed by atoms with Gasteiger partial charge in [-0.05, 0) is 92.9 Å². The van der Waals surface area contributed by atoms with Crippen LogP contribution in [0.15, 0.2) is 176 Å². The van der Waals surface area contributed by atoms with Gasteiger partial charge in [-0.1, -0.05) is 148 Å². The highest BCUT2D eigenvalue weighted by atomic mass is 15.3. The Hall–Kier alpha value is -5.86. The van der Waals surface area contributed by atoms with E-state index in [1.54, 1.807) is 0 Å². The van der Waals surface area contributed by atoms with E-state index in [-0.39, 0.29) is 5.41 Å². The van der Waals surface area contributed by atoms with E-state index < -0.39 is 5.41 Å². The van der Waals surface area contributed by atoms with Gasteiger partial charge in [0.1, 0.15) is 0 Å². The standard InChI is InChI=1S/C47H38N2/c1-46(2,3)33-26-28-36(29-27-33)48-42-22-12-14-24-44(42)49(45-25-15-13-23-43(45)48)37-30-31-39-38-20-10-11-21-40(38)47(41(39)32-37,34-16-6-4-7-17-34)35-18-8-5-9-19-35/h4-32H,1-3H3. The maximum Gasteiger partial charge on any atom is 0.0714 e. The van der Waals surface area contributed by atoms with Crippen molar-refractivity contribution in [3.8, 4) is 11.1 Å². The highest BCUT2D eigenvalue weighted by Crippen LogP contribution is 2.59. The fraction of sp³-hybridized carbons (Fsp3) is 0.106. The fourth-order valence-corrected chi connectivity index (χ4v) is 8.18. The van der Waals surface area contributed by atoms with Crippen LogP contribution in [0.4, 0.5) is 34.1 Å². The van der Waals surface area contributed by atoms with Crippen molar-refractivity contribution in [2.24, 2.45) is 0 Å². The summed E-state index contributed by atoms with van der Waals surface area (Å²) in [6.07, 6.45) is 0. The summed E-state index contributed by atoms with van der Waals surface area (Å²) in [4.78, 5) is 4.86. The minimum absolute atomic E-state index is 0.0923. The number of fused-ring (bicyclic) bond motifs is 5. The van der Waals surface area contributed by atoms with Crippen LogP contribution in [0.1, 0.15) is 48.6 Å². The lowest BCUT2D eigenvalue weighted by Crippen LogP contribution is -2.29. The quantitative estimate of drug-likeness (QED) is 0.191. The van der Waals surface area contributed by atoms with E-state index in [1.165, 1.54) is 38.9 Å². The molecule has 0 fully saturated rings. The van der Waals surface area contributed by atoms with Crippen molar-refractivity contribution in [2.75, 3.05) is 9.80 Å². The molecule has 0 unspecified atom stereocenters. The highest BCUT2D eigenvalue weighted by Gasteiger charge is 2.46. The van der Waals surface area contributed by atoms with Crippen LogP contribution in [0.2, 0.25) is 0 Å². The summed E-state index contributed by atoms with van der Waals surface area (Å²) in [5, 5.41) is 0. The second kappa shape index (κ2) is 11.1. The first-order valence-electron chi connectivity index (χ1n) is 17.2. The smallest absolute Gasteiger partial charge is 0.0714 e. The summed E-state index contributed by atoms with van der Waals surface area (Å²) in [7, 11) is 0. The lowest BCUT2D eigenvalue weighted by Gasteiger charge is -2.41. The number of para-hydroxylation sites is 4. The molecular weight excluding hydrogens is 593 g/mol. The molecule has 49 heavy (non-hydrogen) atoms. The number of nitrogens with zero attached hydrogens (tertiary/aromatic N) is 2. The number of rotatable bonds is 4. The Morgan fingerprint density at radius 3 is 1.35 bits per heavy atom. The molecule has 2 aliphatic rings. The molecule has 0 atom stereocenters. The lowest BCUT2D eigenvalue weighted by molar-refractivity contribution is 0.590. The van der Waals surface area contributed by atoms with Crippen molar-refractivity contribution >= 4 is 34.1 Å². The van der Waals surface area contributed by atoms with Crippen molar-refractivity contribution in [1.29, 1.82) is 0 Å². The number of anilines is 6. The molecule has 7 aromatic rings. The summed E-state index contributed by atoms with van der Waals surface area (Å²) in [5.74, 6) is 0. The van der Waals surface area contributed by atoms with Crippen LogP contribution < -0.4 is 9.80 Å². The molecule has 0 bridgehead atoms. The second-order valence-electron chi connectivity index (χ2n) is 14.2. The van der Waals surface area contributed by atoms with Gasteiger partial charge in [-0.15, -0.1) is 0 Å². The molecule has 1 aliphatic carbocycles. The molecule has 0 saturated carbocycles. The molecular formula is C47H38N2. The van der Waals surface area contributed by atoms with Crippen LogP contribution in [0.25, 0.3) is 11.1 Å². The van der Waals surface area contributed by atoms with Gasteiger partial charge in [0.05, 0.1) is 28.2 Å². The lowest BCUT2D eigenvalue weighted by atomic mass is 9.67. The molecule has 0 radical (unpaired) electrons. The van der Waals surface area contributed by atoms with E-state index in [4.69, 9.17) is 0 Å². The first-order chi connectivity index (χ1) is 24.0. The first-order valence-corrected chi connectivity index (χ1v) is 17.2. The normalized spacial score (nSPS) is 14.1. The van der Waals surface area contributed by atoms with E-state index in [0.29, 0.717) is 0 Å². The molecule has 9 rings (SSSR count). The van der Waals surface area contributed by atoms with Gasteiger partial charge in [0, 0.05) is 11.4 Å². The van der Waals surface area contributed by atoms with Crippen LogP contribution in [-0.2, 0) is 10.8 Å². The van der Waals surface area contributed by atoms with Gasteiger partial charge in [0.25, 0.3) is 0 Å². The molecule has 1 heterocycles. The summed E-state index contributed by atoms with van der Waals surface area (Å²) in [6.45, 7) is 6.81. The third-order valence-corrected chi connectivity index (χ3v) is 10.4. The zero-order chi connectivity index (χ0) is 33.2. The van der Waals surface area contributed by atoms with Crippen LogP contribution in [0.3, 0.4) is 0 Å². The van der Waals surface area contributed by atoms with E-state index in [9.17, 15) is 0 Å². The van der Waals surface area contributed by atoms with Crippen LogP contribution >= 0.6 is 0 Å². The van der Waals surface area contributed by atoms with Gasteiger partial charge < -0.3 is 9.80 Å². The maximum absolute atomic E-state index is 2.46. The molecule has 236 valence electrons. The molecule has 0 amide bonds. The summed E-state index contributed by atoms with van der Waals surface area (Å²) in [5.41, 5.74) is 15.6. The fourth-order valence-electron chi connectivity index (χ4n) is 8.18. The Morgan fingerprint density at radius 1 is 0.388 bits per heavy atom. The largest absolute Gasteiger partial charge is 0.306 e. The van der Waals surface area contributed by atoms with Crippen LogP contribution in [0.5, 0.6) is 0 Å². The molecule has 0 aromatic heterocycles. The van der Waals surface area contributed by atoms with Crippen molar-refractivity contribution in [2.45, 2.75) is 31.6 Å². The van der Waals surface area contributed by atoms with Crippen LogP contribution in [-0.4, -0.2) is 0 Å². The molecule has 2 nitrogen and oxygen atoms in total. The zero-order valence-electron chi connectivity index (χ0n) is 28.1. The molecule has 0 saturated heterocycles. The first kappa shape index (κ1) is 29.3. The predicted molar refractivity (Wildman–Crippen MR) is 205 cm³/mol. The van der Waals surface area contributed by atoms with Crippen molar-refractivity contribution in [3.63, 3.8) is 0 Å². The van der Waals surface area contributed by atoms with Crippen molar-refractivity contribution in [3.05, 3.63) is 204 Å². The minimum Gasteiger partial charge on any atom is -0.306 e. The van der Waals surface area contributed by atoms with Gasteiger partial charge in [-0.25, -0.2) is 0 Å². The molecule has 0 N–H and O–H groups in total. The molecule has 2 heteroatoms. The van der Waals surface area contributed by atoms with Crippen LogP contribution in [0, 0.1) is 0 Å². The average Bonchev–Trinajstić information content (AvgIpc) is 3.44. The van der Waals surface area contributed by atoms with Crippen molar-refractivity contribution < 1.29 is 0 Å². The predicted octanol–water partition coefficient (Wildman–Crippen LogP) is 12.6. The van der Waals surface area contributed by atoms with E-state index in [2.05, 4.69) is 206 Å². The SMILES string of the molecule is CC(C)(C)c1ccc(N2c3ccccc3N(c3ccc4c(c3)C(c3ccccc3)(c3ccccc3)c3ccccc3-4)c3ccccc32)cc1. The number of hydrogen-bond donors (Lipinski definition) is 0. The van der Waals surface area contributed by atoms with Gasteiger partial charge in [0.15, 0.2) is 0 Å². The van der Waals surface area contributed by atoms with Crippen molar-refractivity contribution in [1.82, 2.24) is 0 Å². The third kappa shape index (κ3) is 4.41. The average molecular weight is 631 g/mol. The number of benzene rings is 7. The summed E-state index contributed by atoms with van der Waals surface area (Å²) < 4.78 is 0. The van der Waals surface area contributed by atoms with Gasteiger partial charge in [0.2, 0.25) is 0 Å². The highest BCUT2D eigenvalue weighted by molar-refractivity contribution is 6.02. The van der Waals surface area contributed by atoms with E-state index in [1.807, 2.05) is 0 Å². The monoisotopic (exact) mass is 630 g/mol. The topological polar surface area (TPSA) is 6.48 Å².